The molecule has 19 heavy (non-hydrogen) atoms. The molecule has 0 aliphatic heterocycles. The Balaban J connectivity index is 2.06. The van der Waals surface area contributed by atoms with Crippen molar-refractivity contribution in [3.63, 3.8) is 0 Å². The summed E-state index contributed by atoms with van der Waals surface area (Å²) in [5.74, 6) is 0.208. The quantitative estimate of drug-likeness (QED) is 0.769. The van der Waals surface area contributed by atoms with Gasteiger partial charge in [-0.1, -0.05) is 6.07 Å². The summed E-state index contributed by atoms with van der Waals surface area (Å²) in [6.45, 7) is 0. The Labute approximate surface area is 113 Å². The van der Waals surface area contributed by atoms with Crippen LogP contribution < -0.4 is 10.5 Å². The molecule has 1 aliphatic rings. The van der Waals surface area contributed by atoms with Crippen LogP contribution in [-0.4, -0.2) is 24.2 Å². The molecule has 0 saturated carbocycles. The van der Waals surface area contributed by atoms with Gasteiger partial charge in [0.05, 0.1) is 7.11 Å². The van der Waals surface area contributed by atoms with Crippen LogP contribution in [0.3, 0.4) is 0 Å². The lowest BCUT2D eigenvalue weighted by Crippen LogP contribution is -2.19. The van der Waals surface area contributed by atoms with Gasteiger partial charge in [-0.2, -0.15) is 0 Å². The molecule has 0 bridgehead atoms. The zero-order chi connectivity index (χ0) is 13.8. The Morgan fingerprint density at radius 1 is 1.37 bits per heavy atom. The second-order valence-corrected chi connectivity index (χ2v) is 5.15. The number of ether oxygens (including phenoxy) is 1. The molecule has 0 spiro atoms. The average molecular weight is 263 g/mol. The van der Waals surface area contributed by atoms with E-state index in [-0.39, 0.29) is 12.5 Å². The Hall–Kier alpha value is -1.55. The third-order valence-corrected chi connectivity index (χ3v) is 3.72. The topological polar surface area (TPSA) is 72.5 Å². The zero-order valence-electron chi connectivity index (χ0n) is 11.3. The van der Waals surface area contributed by atoms with Crippen molar-refractivity contribution in [3.05, 3.63) is 28.8 Å². The van der Waals surface area contributed by atoms with Crippen LogP contribution in [0.25, 0.3) is 0 Å². The van der Waals surface area contributed by atoms with E-state index in [0.29, 0.717) is 0 Å². The number of carbonyl (C=O) groups is 1. The predicted molar refractivity (Wildman–Crippen MR) is 73.6 cm³/mol. The lowest BCUT2D eigenvalue weighted by molar-refractivity contribution is -0.137. The number of carboxylic acids is 1. The minimum atomic E-state index is -0.720. The molecule has 4 heteroatoms. The fourth-order valence-corrected chi connectivity index (χ4v) is 2.81. The lowest BCUT2D eigenvalue weighted by atomic mass is 9.97. The number of carboxylic acid groups (broad SMARTS) is 1. The van der Waals surface area contributed by atoms with Gasteiger partial charge in [0.15, 0.2) is 0 Å². The Morgan fingerprint density at radius 2 is 2.11 bits per heavy atom. The van der Waals surface area contributed by atoms with E-state index >= 15 is 0 Å². The van der Waals surface area contributed by atoms with E-state index in [9.17, 15) is 4.79 Å². The van der Waals surface area contributed by atoms with Gasteiger partial charge in [-0.3, -0.25) is 4.79 Å². The van der Waals surface area contributed by atoms with Crippen molar-refractivity contribution >= 4 is 5.97 Å². The van der Waals surface area contributed by atoms with E-state index in [4.69, 9.17) is 15.6 Å². The fourth-order valence-electron chi connectivity index (χ4n) is 2.81. The summed E-state index contributed by atoms with van der Waals surface area (Å²) in [6.07, 6.45) is 4.58. The number of nitrogens with two attached hydrogens (primary N) is 1. The number of hydrogen-bond acceptors (Lipinski definition) is 3. The van der Waals surface area contributed by atoms with Crippen molar-refractivity contribution in [2.45, 2.75) is 44.6 Å². The SMILES string of the molecule is COc1ccc(CCCCC(=O)O)c2c1CC(N)C2. The van der Waals surface area contributed by atoms with Gasteiger partial charge < -0.3 is 15.6 Å². The predicted octanol–water partition coefficient (Wildman–Crippen LogP) is 1.92. The molecule has 1 unspecified atom stereocenters. The zero-order valence-corrected chi connectivity index (χ0v) is 11.3. The van der Waals surface area contributed by atoms with Gasteiger partial charge in [-0.15, -0.1) is 0 Å². The van der Waals surface area contributed by atoms with Crippen LogP contribution in [0.4, 0.5) is 0 Å². The first-order valence-corrected chi connectivity index (χ1v) is 6.76. The molecule has 0 aromatic heterocycles. The molecule has 2 rings (SSSR count). The van der Waals surface area contributed by atoms with Crippen molar-refractivity contribution in [3.8, 4) is 5.75 Å². The van der Waals surface area contributed by atoms with Crippen molar-refractivity contribution in [2.24, 2.45) is 5.73 Å². The Bertz CT molecular complexity index is 471. The summed E-state index contributed by atoms with van der Waals surface area (Å²) in [5, 5.41) is 8.64. The third-order valence-electron chi connectivity index (χ3n) is 3.72. The normalized spacial score (nSPS) is 17.3. The summed E-state index contributed by atoms with van der Waals surface area (Å²) < 4.78 is 5.38. The van der Waals surface area contributed by atoms with Crippen LogP contribution in [0.15, 0.2) is 12.1 Å². The minimum absolute atomic E-state index is 0.184. The Morgan fingerprint density at radius 3 is 2.79 bits per heavy atom. The van der Waals surface area contributed by atoms with Crippen molar-refractivity contribution < 1.29 is 14.6 Å². The van der Waals surface area contributed by atoms with Crippen LogP contribution in [0, 0.1) is 0 Å². The molecular weight excluding hydrogens is 242 g/mol. The highest BCUT2D eigenvalue weighted by Crippen LogP contribution is 2.33. The van der Waals surface area contributed by atoms with E-state index < -0.39 is 5.97 Å². The molecule has 0 saturated heterocycles. The number of aliphatic carboxylic acids is 1. The first-order chi connectivity index (χ1) is 9.11. The molecular formula is C15H21NO3. The maximum Gasteiger partial charge on any atom is 0.303 e. The van der Waals surface area contributed by atoms with Gasteiger partial charge in [-0.25, -0.2) is 0 Å². The number of rotatable bonds is 6. The van der Waals surface area contributed by atoms with Gasteiger partial charge in [0.2, 0.25) is 0 Å². The van der Waals surface area contributed by atoms with Crippen LogP contribution in [-0.2, 0) is 24.1 Å². The van der Waals surface area contributed by atoms with Crippen molar-refractivity contribution in [2.75, 3.05) is 7.11 Å². The largest absolute Gasteiger partial charge is 0.496 e. The molecule has 0 fully saturated rings. The third kappa shape index (κ3) is 3.26. The lowest BCUT2D eigenvalue weighted by Gasteiger charge is -2.12. The molecule has 104 valence electrons. The molecule has 0 heterocycles. The first-order valence-electron chi connectivity index (χ1n) is 6.76. The average Bonchev–Trinajstić information content (AvgIpc) is 2.75. The van der Waals surface area contributed by atoms with Crippen LogP contribution in [0.2, 0.25) is 0 Å². The molecule has 1 aromatic carbocycles. The van der Waals surface area contributed by atoms with Gasteiger partial charge in [-0.05, 0) is 54.9 Å². The van der Waals surface area contributed by atoms with E-state index in [1.807, 2.05) is 6.07 Å². The van der Waals surface area contributed by atoms with Crippen molar-refractivity contribution in [1.82, 2.24) is 0 Å². The molecule has 1 aliphatic carbocycles. The number of hydrogen-bond donors (Lipinski definition) is 2. The van der Waals surface area contributed by atoms with E-state index in [1.165, 1.54) is 16.7 Å². The number of fused-ring (bicyclic) bond motifs is 1. The smallest absolute Gasteiger partial charge is 0.303 e. The standard InChI is InChI=1S/C15H21NO3/c1-19-14-7-6-10(4-2-3-5-15(17)18)12-8-11(16)9-13(12)14/h6-7,11H,2-5,8-9,16H2,1H3,(H,17,18). The number of methoxy groups -OCH3 is 1. The molecule has 1 atom stereocenters. The monoisotopic (exact) mass is 263 g/mol. The molecule has 0 radical (unpaired) electrons. The highest BCUT2D eigenvalue weighted by Gasteiger charge is 2.24. The number of unbranched alkanes of at least 4 members (excludes halogenated alkanes) is 1. The van der Waals surface area contributed by atoms with Gasteiger partial charge in [0.25, 0.3) is 0 Å². The van der Waals surface area contributed by atoms with Gasteiger partial charge in [0, 0.05) is 12.5 Å². The highest BCUT2D eigenvalue weighted by molar-refractivity contribution is 5.66. The van der Waals surface area contributed by atoms with E-state index in [1.54, 1.807) is 7.11 Å². The summed E-state index contributed by atoms with van der Waals surface area (Å²) in [7, 11) is 1.69. The summed E-state index contributed by atoms with van der Waals surface area (Å²) >= 11 is 0. The van der Waals surface area contributed by atoms with Crippen LogP contribution in [0.1, 0.15) is 36.0 Å². The van der Waals surface area contributed by atoms with Gasteiger partial charge in [0.1, 0.15) is 5.75 Å². The second kappa shape index (κ2) is 6.06. The van der Waals surface area contributed by atoms with E-state index in [0.717, 1.165) is 37.9 Å². The summed E-state index contributed by atoms with van der Waals surface area (Å²) in [4.78, 5) is 10.5. The first kappa shape index (κ1) is 13.9. The fraction of sp³-hybridized carbons (Fsp3) is 0.533. The summed E-state index contributed by atoms with van der Waals surface area (Å²) in [5.41, 5.74) is 9.90. The van der Waals surface area contributed by atoms with Gasteiger partial charge >= 0.3 is 5.97 Å². The second-order valence-electron chi connectivity index (χ2n) is 5.15. The minimum Gasteiger partial charge on any atom is -0.496 e. The highest BCUT2D eigenvalue weighted by atomic mass is 16.5. The van der Waals surface area contributed by atoms with E-state index in [2.05, 4.69) is 6.07 Å². The van der Waals surface area contributed by atoms with Crippen molar-refractivity contribution in [1.29, 1.82) is 0 Å². The molecule has 3 N–H and O–H groups in total. The number of aryl methyl sites for hydroxylation is 1. The Kier molecular flexibility index (Phi) is 4.43. The summed E-state index contributed by atoms with van der Waals surface area (Å²) in [6, 6.07) is 4.28. The number of benzene rings is 1. The van der Waals surface area contributed by atoms with Crippen LogP contribution >= 0.6 is 0 Å². The molecule has 1 aromatic rings. The molecule has 0 amide bonds. The molecule has 4 nitrogen and oxygen atoms in total. The maximum absolute atomic E-state index is 10.5. The maximum atomic E-state index is 10.5. The van der Waals surface area contributed by atoms with Crippen LogP contribution in [0.5, 0.6) is 5.75 Å².